The lowest BCUT2D eigenvalue weighted by Crippen LogP contribution is -2.20. The van der Waals surface area contributed by atoms with Crippen LogP contribution in [0.2, 0.25) is 0 Å². The summed E-state index contributed by atoms with van der Waals surface area (Å²) in [4.78, 5) is 11.2. The molecule has 3 heteroatoms. The molecule has 70 valence electrons. The first-order valence-electron chi connectivity index (χ1n) is 3.97. The quantitative estimate of drug-likeness (QED) is 0.364. The van der Waals surface area contributed by atoms with Crippen LogP contribution in [0.4, 0.5) is 0 Å². The summed E-state index contributed by atoms with van der Waals surface area (Å²) in [7, 11) is 1.60. The third kappa shape index (κ3) is 5.68. The minimum atomic E-state index is -0.0875. The molecule has 0 unspecified atom stereocenters. The normalized spacial score (nSPS) is 9.62. The molecule has 3 nitrogen and oxygen atoms in total. The van der Waals surface area contributed by atoms with Crippen molar-refractivity contribution in [2.24, 2.45) is 5.10 Å². The molecule has 0 saturated heterocycles. The molecule has 0 aliphatic heterocycles. The standard InChI is InChI=1S/C10H14N2O/c1-5-6-7-10(13)12(4)11-8-9(2)3/h1,8H,2,6-7H2,3-4H3/b11-8+. The number of hydrogen-bond acceptors (Lipinski definition) is 2. The van der Waals surface area contributed by atoms with E-state index in [4.69, 9.17) is 6.42 Å². The lowest BCUT2D eigenvalue weighted by molar-refractivity contribution is -0.129. The molecule has 0 rings (SSSR count). The molecule has 0 aromatic carbocycles. The van der Waals surface area contributed by atoms with Crippen molar-refractivity contribution in [3.63, 3.8) is 0 Å². The Kier molecular flexibility index (Phi) is 5.29. The van der Waals surface area contributed by atoms with Gasteiger partial charge in [0.25, 0.3) is 0 Å². The molecule has 0 saturated carbocycles. The van der Waals surface area contributed by atoms with E-state index in [1.165, 1.54) is 11.2 Å². The Morgan fingerprint density at radius 2 is 2.38 bits per heavy atom. The molecule has 0 heterocycles. The minimum absolute atomic E-state index is 0.0875. The Balaban J connectivity index is 3.97. The van der Waals surface area contributed by atoms with Crippen molar-refractivity contribution in [1.29, 1.82) is 0 Å². The van der Waals surface area contributed by atoms with E-state index >= 15 is 0 Å². The highest BCUT2D eigenvalue weighted by molar-refractivity contribution is 5.80. The topological polar surface area (TPSA) is 32.7 Å². The molecule has 0 aromatic heterocycles. The maximum atomic E-state index is 11.2. The predicted molar refractivity (Wildman–Crippen MR) is 54.1 cm³/mol. The third-order valence-corrected chi connectivity index (χ3v) is 1.30. The highest BCUT2D eigenvalue weighted by Gasteiger charge is 2.04. The highest BCUT2D eigenvalue weighted by Crippen LogP contribution is 1.95. The molecule has 1 amide bonds. The van der Waals surface area contributed by atoms with Gasteiger partial charge in [0, 0.05) is 26.1 Å². The fourth-order valence-electron chi connectivity index (χ4n) is 0.590. The van der Waals surface area contributed by atoms with Gasteiger partial charge in [-0.2, -0.15) is 5.10 Å². The van der Waals surface area contributed by atoms with Crippen molar-refractivity contribution in [1.82, 2.24) is 5.01 Å². The Labute approximate surface area is 79.1 Å². The first-order valence-corrected chi connectivity index (χ1v) is 3.97. The molecule has 0 aliphatic carbocycles. The van der Waals surface area contributed by atoms with Gasteiger partial charge < -0.3 is 0 Å². The lowest BCUT2D eigenvalue weighted by Gasteiger charge is -2.08. The summed E-state index contributed by atoms with van der Waals surface area (Å²) < 4.78 is 0. The minimum Gasteiger partial charge on any atom is -0.273 e. The molecule has 13 heavy (non-hydrogen) atoms. The molecule has 0 spiro atoms. The smallest absolute Gasteiger partial charge is 0.243 e. The van der Waals surface area contributed by atoms with Crippen LogP contribution in [-0.4, -0.2) is 24.2 Å². The van der Waals surface area contributed by atoms with Gasteiger partial charge in [0.2, 0.25) is 5.91 Å². The number of hydrogen-bond donors (Lipinski definition) is 0. The fourth-order valence-corrected chi connectivity index (χ4v) is 0.590. The average Bonchev–Trinajstić information content (AvgIpc) is 2.10. The van der Waals surface area contributed by atoms with Gasteiger partial charge in [-0.25, -0.2) is 5.01 Å². The van der Waals surface area contributed by atoms with Crippen LogP contribution in [0.5, 0.6) is 0 Å². The zero-order valence-electron chi connectivity index (χ0n) is 8.08. The number of allylic oxidation sites excluding steroid dienone is 1. The van der Waals surface area contributed by atoms with Crippen LogP contribution in [0.25, 0.3) is 0 Å². The fraction of sp³-hybridized carbons (Fsp3) is 0.400. The molecular weight excluding hydrogens is 164 g/mol. The van der Waals surface area contributed by atoms with Crippen molar-refractivity contribution in [2.75, 3.05) is 7.05 Å². The van der Waals surface area contributed by atoms with Gasteiger partial charge in [-0.3, -0.25) is 4.79 Å². The van der Waals surface area contributed by atoms with E-state index in [0.717, 1.165) is 5.57 Å². The van der Waals surface area contributed by atoms with Crippen molar-refractivity contribution in [2.45, 2.75) is 19.8 Å². The van der Waals surface area contributed by atoms with Gasteiger partial charge in [0.05, 0.1) is 0 Å². The second-order valence-corrected chi connectivity index (χ2v) is 2.71. The van der Waals surface area contributed by atoms with Crippen LogP contribution in [0.1, 0.15) is 19.8 Å². The number of carbonyl (C=O) groups is 1. The van der Waals surface area contributed by atoms with E-state index in [2.05, 4.69) is 17.6 Å². The molecule has 0 N–H and O–H groups in total. The molecule has 0 radical (unpaired) electrons. The number of carbonyl (C=O) groups excluding carboxylic acids is 1. The second-order valence-electron chi connectivity index (χ2n) is 2.71. The van der Waals surface area contributed by atoms with Gasteiger partial charge >= 0.3 is 0 Å². The maximum absolute atomic E-state index is 11.2. The number of amides is 1. The zero-order chi connectivity index (χ0) is 10.3. The van der Waals surface area contributed by atoms with E-state index < -0.39 is 0 Å². The van der Waals surface area contributed by atoms with E-state index in [0.29, 0.717) is 12.8 Å². The number of hydrazone groups is 1. The van der Waals surface area contributed by atoms with E-state index in [1.807, 2.05) is 6.92 Å². The lowest BCUT2D eigenvalue weighted by atomic mass is 10.3. The first-order chi connectivity index (χ1) is 6.07. The summed E-state index contributed by atoms with van der Waals surface area (Å²) >= 11 is 0. The van der Waals surface area contributed by atoms with Crippen LogP contribution >= 0.6 is 0 Å². The summed E-state index contributed by atoms with van der Waals surface area (Å²) in [6.07, 6.45) is 7.35. The van der Waals surface area contributed by atoms with Gasteiger partial charge in [0.1, 0.15) is 0 Å². The largest absolute Gasteiger partial charge is 0.273 e. The van der Waals surface area contributed by atoms with Crippen LogP contribution in [-0.2, 0) is 4.79 Å². The molecular formula is C10H14N2O. The summed E-state index contributed by atoms with van der Waals surface area (Å²) in [5, 5.41) is 5.14. The van der Waals surface area contributed by atoms with Crippen molar-refractivity contribution >= 4 is 12.1 Å². The summed E-state index contributed by atoms with van der Waals surface area (Å²) in [6.45, 7) is 5.44. The van der Waals surface area contributed by atoms with Crippen molar-refractivity contribution in [3.8, 4) is 12.3 Å². The van der Waals surface area contributed by atoms with E-state index in [1.54, 1.807) is 7.05 Å². The second kappa shape index (κ2) is 6.01. The highest BCUT2D eigenvalue weighted by atomic mass is 16.2. The van der Waals surface area contributed by atoms with Crippen LogP contribution < -0.4 is 0 Å². The summed E-state index contributed by atoms with van der Waals surface area (Å²) in [5.41, 5.74) is 0.802. The van der Waals surface area contributed by atoms with E-state index in [9.17, 15) is 4.79 Å². The monoisotopic (exact) mass is 178 g/mol. The van der Waals surface area contributed by atoms with Crippen LogP contribution in [0.15, 0.2) is 17.3 Å². The Hall–Kier alpha value is -1.56. The Morgan fingerprint density at radius 3 is 2.85 bits per heavy atom. The SMILES string of the molecule is C#CCCC(=O)N(C)/N=C/C(=C)C. The maximum Gasteiger partial charge on any atom is 0.243 e. The summed E-state index contributed by atoms with van der Waals surface area (Å²) in [6, 6.07) is 0. The average molecular weight is 178 g/mol. The Bertz CT molecular complexity index is 261. The zero-order valence-corrected chi connectivity index (χ0v) is 8.08. The first kappa shape index (κ1) is 11.4. The van der Waals surface area contributed by atoms with Gasteiger partial charge in [-0.1, -0.05) is 6.58 Å². The predicted octanol–water partition coefficient (Wildman–Crippen LogP) is 1.42. The van der Waals surface area contributed by atoms with Crippen molar-refractivity contribution in [3.05, 3.63) is 12.2 Å². The molecule has 0 atom stereocenters. The van der Waals surface area contributed by atoms with Crippen molar-refractivity contribution < 1.29 is 4.79 Å². The summed E-state index contributed by atoms with van der Waals surface area (Å²) in [5.74, 6) is 2.31. The third-order valence-electron chi connectivity index (χ3n) is 1.30. The van der Waals surface area contributed by atoms with E-state index in [-0.39, 0.29) is 5.91 Å². The number of nitrogens with zero attached hydrogens (tertiary/aromatic N) is 2. The van der Waals surface area contributed by atoms with Crippen LogP contribution in [0, 0.1) is 12.3 Å². The number of terminal acetylenes is 1. The van der Waals surface area contributed by atoms with Crippen LogP contribution in [0.3, 0.4) is 0 Å². The molecule has 0 aromatic rings. The molecule has 0 aliphatic rings. The van der Waals surface area contributed by atoms with Gasteiger partial charge in [0.15, 0.2) is 0 Å². The van der Waals surface area contributed by atoms with Gasteiger partial charge in [-0.15, -0.1) is 12.3 Å². The Morgan fingerprint density at radius 1 is 1.77 bits per heavy atom. The number of rotatable bonds is 4. The molecule has 0 bridgehead atoms. The van der Waals surface area contributed by atoms with Gasteiger partial charge in [-0.05, 0) is 12.5 Å². The molecule has 0 fully saturated rings.